The van der Waals surface area contributed by atoms with Crippen LogP contribution in [0.15, 0.2) is 23.3 Å². The van der Waals surface area contributed by atoms with E-state index in [9.17, 15) is 0 Å². The second kappa shape index (κ2) is 6.48. The molecular weight excluding hydrogens is 203 g/mol. The number of hydrogen-bond donors (Lipinski definition) is 0. The van der Waals surface area contributed by atoms with E-state index in [2.05, 4.69) is 26.0 Å². The molecule has 0 nitrogen and oxygen atoms in total. The minimum absolute atomic E-state index is 0.556. The van der Waals surface area contributed by atoms with E-state index in [0.717, 1.165) is 0 Å². The van der Waals surface area contributed by atoms with Gasteiger partial charge in [-0.1, -0.05) is 23.3 Å². The Labute approximate surface area is 79.0 Å². The van der Waals surface area contributed by atoms with E-state index >= 15 is 0 Å². The molecule has 0 aromatic carbocycles. The molecule has 0 bridgehead atoms. The summed E-state index contributed by atoms with van der Waals surface area (Å²) in [5.41, 5.74) is 2.90. The van der Waals surface area contributed by atoms with E-state index in [1.54, 1.807) is 0 Å². The normalized spacial score (nSPS) is 14.8. The zero-order valence-corrected chi connectivity index (χ0v) is 9.19. The Morgan fingerprint density at radius 1 is 1.40 bits per heavy atom. The van der Waals surface area contributed by atoms with Crippen LogP contribution in [0, 0.1) is 0 Å². The summed E-state index contributed by atoms with van der Waals surface area (Å²) >= 11 is -0.556. The average molecular weight is 213 g/mol. The summed E-state index contributed by atoms with van der Waals surface area (Å²) in [6.07, 6.45) is 5.64. The van der Waals surface area contributed by atoms with E-state index in [-0.39, 0.29) is 0 Å². The van der Waals surface area contributed by atoms with E-state index < -0.39 is 17.0 Å². The number of allylic oxidation sites excluding steroid dienone is 4. The summed E-state index contributed by atoms with van der Waals surface area (Å²) in [5, 5.41) is 0. The Morgan fingerprint density at radius 2 is 1.90 bits per heavy atom. The summed E-state index contributed by atoms with van der Waals surface area (Å²) in [6, 6.07) is 0. The Bertz CT molecular complexity index is 150. The Kier molecular flexibility index (Phi) is 6.98. The molecule has 1 aliphatic rings. The van der Waals surface area contributed by atoms with Gasteiger partial charge >= 0.3 is 35.6 Å². The van der Waals surface area contributed by atoms with Crippen LogP contribution in [0.5, 0.6) is 0 Å². The molecule has 0 radical (unpaired) electrons. The first-order valence-corrected chi connectivity index (χ1v) is 7.30. The van der Waals surface area contributed by atoms with Crippen molar-refractivity contribution in [1.82, 2.24) is 0 Å². The molecule has 1 aliphatic carbocycles. The third-order valence-electron chi connectivity index (χ3n) is 1.22. The van der Waals surface area contributed by atoms with Crippen LogP contribution >= 0.6 is 18.6 Å². The molecule has 0 saturated carbocycles. The van der Waals surface area contributed by atoms with Gasteiger partial charge in [0.2, 0.25) is 0 Å². The van der Waals surface area contributed by atoms with Crippen molar-refractivity contribution in [2.24, 2.45) is 0 Å². The van der Waals surface area contributed by atoms with Crippen LogP contribution < -0.4 is 0 Å². The zero-order chi connectivity index (χ0) is 7.98. The molecule has 0 saturated heterocycles. The molecule has 0 aromatic heterocycles. The molecule has 0 fully saturated rings. The van der Waals surface area contributed by atoms with Crippen molar-refractivity contribution in [3.8, 4) is 0 Å². The number of halogens is 2. The minimum atomic E-state index is -0.556. The zero-order valence-electron chi connectivity index (χ0n) is 6.12. The van der Waals surface area contributed by atoms with Crippen LogP contribution in [-0.2, 0) is 17.0 Å². The van der Waals surface area contributed by atoms with Crippen LogP contribution in [0.3, 0.4) is 0 Å². The van der Waals surface area contributed by atoms with Crippen LogP contribution in [0.25, 0.3) is 0 Å². The molecule has 3 heteroatoms. The van der Waals surface area contributed by atoms with Crippen LogP contribution in [0.1, 0.15) is 20.3 Å². The van der Waals surface area contributed by atoms with Crippen molar-refractivity contribution >= 4 is 18.6 Å². The second-order valence-corrected chi connectivity index (χ2v) is 4.79. The molecule has 0 heterocycles. The van der Waals surface area contributed by atoms with Gasteiger partial charge < -0.3 is 0 Å². The van der Waals surface area contributed by atoms with Gasteiger partial charge in [-0.2, -0.15) is 0 Å². The third kappa shape index (κ3) is 5.55. The summed E-state index contributed by atoms with van der Waals surface area (Å²) in [4.78, 5) is 0. The SMILES string of the molecule is CC1=CCC(C)=C1.[Cl][Ti][Cl]. The van der Waals surface area contributed by atoms with Crippen LogP contribution in [0.4, 0.5) is 0 Å². The first-order chi connectivity index (χ1) is 4.70. The second-order valence-electron chi connectivity index (χ2n) is 2.21. The quantitative estimate of drug-likeness (QED) is 0.538. The fraction of sp³-hybridized carbons (Fsp3) is 0.429. The predicted molar refractivity (Wildman–Crippen MR) is 43.8 cm³/mol. The van der Waals surface area contributed by atoms with Gasteiger partial charge in [0.25, 0.3) is 0 Å². The summed E-state index contributed by atoms with van der Waals surface area (Å²) in [7, 11) is 9.78. The van der Waals surface area contributed by atoms with Crippen molar-refractivity contribution in [3.05, 3.63) is 23.3 Å². The summed E-state index contributed by atoms with van der Waals surface area (Å²) in [6.45, 7) is 4.30. The first-order valence-electron chi connectivity index (χ1n) is 3.01. The van der Waals surface area contributed by atoms with Crippen LogP contribution in [0.2, 0.25) is 0 Å². The van der Waals surface area contributed by atoms with Gasteiger partial charge in [0, 0.05) is 0 Å². The van der Waals surface area contributed by atoms with Crippen molar-refractivity contribution < 1.29 is 17.0 Å². The molecule has 1 rings (SSSR count). The third-order valence-corrected chi connectivity index (χ3v) is 1.22. The topological polar surface area (TPSA) is 0 Å². The van der Waals surface area contributed by atoms with E-state index in [1.807, 2.05) is 0 Å². The van der Waals surface area contributed by atoms with Crippen molar-refractivity contribution in [2.45, 2.75) is 20.3 Å². The van der Waals surface area contributed by atoms with Gasteiger partial charge in [0.1, 0.15) is 0 Å². The van der Waals surface area contributed by atoms with Gasteiger partial charge in [-0.05, 0) is 20.3 Å². The molecule has 56 valence electrons. The van der Waals surface area contributed by atoms with E-state index in [4.69, 9.17) is 18.6 Å². The summed E-state index contributed by atoms with van der Waals surface area (Å²) in [5.74, 6) is 0. The predicted octanol–water partition coefficient (Wildman–Crippen LogP) is 3.66. The Morgan fingerprint density at radius 3 is 2.00 bits per heavy atom. The van der Waals surface area contributed by atoms with Gasteiger partial charge in [-0.15, -0.1) is 0 Å². The molecule has 0 N–H and O–H groups in total. The first kappa shape index (κ1) is 10.8. The summed E-state index contributed by atoms with van der Waals surface area (Å²) < 4.78 is 0. The standard InChI is InChI=1S/C7H10.2ClH.Ti/c1-6-3-4-7(2)5-6;;;/h3,5H,4H2,1-2H3;2*1H;/q;;;+2/p-2. The van der Waals surface area contributed by atoms with E-state index in [1.165, 1.54) is 17.6 Å². The number of rotatable bonds is 0. The van der Waals surface area contributed by atoms with Crippen LogP contribution in [-0.4, -0.2) is 0 Å². The maximum absolute atomic E-state index is 4.89. The van der Waals surface area contributed by atoms with Gasteiger partial charge in [0.05, 0.1) is 0 Å². The van der Waals surface area contributed by atoms with E-state index in [0.29, 0.717) is 0 Å². The molecule has 0 spiro atoms. The fourth-order valence-electron chi connectivity index (χ4n) is 0.828. The van der Waals surface area contributed by atoms with Crippen molar-refractivity contribution in [3.63, 3.8) is 0 Å². The van der Waals surface area contributed by atoms with Crippen molar-refractivity contribution in [2.75, 3.05) is 0 Å². The fourth-order valence-corrected chi connectivity index (χ4v) is 0.828. The average Bonchev–Trinajstić information content (AvgIpc) is 2.17. The molecule has 0 aliphatic heterocycles. The van der Waals surface area contributed by atoms with Crippen molar-refractivity contribution in [1.29, 1.82) is 0 Å². The van der Waals surface area contributed by atoms with Gasteiger partial charge in [-0.25, -0.2) is 0 Å². The molecule has 0 aromatic rings. The molecule has 0 unspecified atom stereocenters. The Hall–Kier alpha value is 0.774. The van der Waals surface area contributed by atoms with Gasteiger partial charge in [-0.3, -0.25) is 0 Å². The molecule has 0 amide bonds. The van der Waals surface area contributed by atoms with Gasteiger partial charge in [0.15, 0.2) is 0 Å². The molecule has 0 atom stereocenters. The number of hydrogen-bond acceptors (Lipinski definition) is 0. The Balaban J connectivity index is 0.000000236. The molecular formula is C7H10Cl2Ti. The molecule has 10 heavy (non-hydrogen) atoms. The maximum atomic E-state index is 4.89. The monoisotopic (exact) mass is 212 g/mol.